The molecule has 0 unspecified atom stereocenters. The van der Waals surface area contributed by atoms with Gasteiger partial charge in [-0.15, -0.1) is 0 Å². The number of halogens is 2. The molecule has 3 rings (SSSR count). The van der Waals surface area contributed by atoms with E-state index in [1.54, 1.807) is 12.1 Å². The van der Waals surface area contributed by atoms with E-state index in [9.17, 15) is 13.6 Å². The number of anilines is 2. The van der Waals surface area contributed by atoms with Crippen molar-refractivity contribution in [1.82, 2.24) is 0 Å². The average molecular weight is 342 g/mol. The maximum atomic E-state index is 12.4. The Morgan fingerprint density at radius 3 is 2.44 bits per heavy atom. The Balaban J connectivity index is 1.67. The molecule has 0 atom stereocenters. The van der Waals surface area contributed by atoms with Crippen molar-refractivity contribution in [3.05, 3.63) is 66.7 Å². The van der Waals surface area contributed by atoms with Gasteiger partial charge in [-0.05, 0) is 23.6 Å². The van der Waals surface area contributed by atoms with Gasteiger partial charge < -0.3 is 15.4 Å². The van der Waals surface area contributed by atoms with E-state index in [4.69, 9.17) is 0 Å². The van der Waals surface area contributed by atoms with Crippen LogP contribution in [0.2, 0.25) is 0 Å². The van der Waals surface area contributed by atoms with Gasteiger partial charge in [-0.25, -0.2) is 0 Å². The van der Waals surface area contributed by atoms with E-state index >= 15 is 0 Å². The van der Waals surface area contributed by atoms with Crippen LogP contribution in [0.3, 0.4) is 0 Å². The molecule has 128 valence electrons. The number of carbonyl (C=O) groups excluding carboxylic acids is 1. The van der Waals surface area contributed by atoms with Gasteiger partial charge in [0.25, 0.3) is 0 Å². The quantitative estimate of drug-likeness (QED) is 0.694. The van der Waals surface area contributed by atoms with Crippen molar-refractivity contribution < 1.29 is 18.3 Å². The molecule has 0 aliphatic carbocycles. The fourth-order valence-corrected chi connectivity index (χ4v) is 2.52. The summed E-state index contributed by atoms with van der Waals surface area (Å²) in [5.41, 5.74) is 1.03. The molecular formula is C19H16F2N2O2. The molecule has 0 aliphatic heterocycles. The molecule has 0 heterocycles. The Kier molecular flexibility index (Phi) is 5.09. The Bertz CT molecular complexity index is 879. The van der Waals surface area contributed by atoms with Crippen molar-refractivity contribution in [2.24, 2.45) is 0 Å². The molecule has 0 spiro atoms. The maximum Gasteiger partial charge on any atom is 0.387 e. The van der Waals surface area contributed by atoms with Crippen molar-refractivity contribution in [1.29, 1.82) is 0 Å². The highest BCUT2D eigenvalue weighted by atomic mass is 19.3. The lowest BCUT2D eigenvalue weighted by Gasteiger charge is -2.13. The molecule has 25 heavy (non-hydrogen) atoms. The molecule has 1 amide bonds. The SMILES string of the molecule is O=C(CNc1cccc2ccccc12)Nc1ccccc1OC(F)F. The monoisotopic (exact) mass is 342 g/mol. The summed E-state index contributed by atoms with van der Waals surface area (Å²) < 4.78 is 29.2. The van der Waals surface area contributed by atoms with Crippen molar-refractivity contribution in [3.8, 4) is 5.75 Å². The smallest absolute Gasteiger partial charge is 0.387 e. The highest BCUT2D eigenvalue weighted by Gasteiger charge is 2.11. The van der Waals surface area contributed by atoms with Crippen LogP contribution in [0.15, 0.2) is 66.7 Å². The van der Waals surface area contributed by atoms with Crippen LogP contribution in [0.4, 0.5) is 20.2 Å². The lowest BCUT2D eigenvalue weighted by atomic mass is 10.1. The number of nitrogens with one attached hydrogen (secondary N) is 2. The second-order valence-electron chi connectivity index (χ2n) is 5.30. The summed E-state index contributed by atoms with van der Waals surface area (Å²) in [5, 5.41) is 7.70. The minimum atomic E-state index is -2.95. The van der Waals surface area contributed by atoms with E-state index in [-0.39, 0.29) is 23.9 Å². The number of amides is 1. The van der Waals surface area contributed by atoms with Gasteiger partial charge in [-0.1, -0.05) is 48.5 Å². The number of carbonyl (C=O) groups is 1. The molecule has 0 radical (unpaired) electrons. The molecule has 3 aromatic carbocycles. The number of alkyl halides is 2. The fourth-order valence-electron chi connectivity index (χ4n) is 2.52. The molecule has 6 heteroatoms. The normalized spacial score (nSPS) is 10.7. The lowest BCUT2D eigenvalue weighted by Crippen LogP contribution is -2.22. The van der Waals surface area contributed by atoms with Crippen LogP contribution >= 0.6 is 0 Å². The molecule has 4 nitrogen and oxygen atoms in total. The van der Waals surface area contributed by atoms with Gasteiger partial charge in [0.15, 0.2) is 0 Å². The van der Waals surface area contributed by atoms with Crippen LogP contribution in [0, 0.1) is 0 Å². The zero-order valence-corrected chi connectivity index (χ0v) is 13.2. The first-order valence-corrected chi connectivity index (χ1v) is 7.69. The Hall–Kier alpha value is -3.15. The summed E-state index contributed by atoms with van der Waals surface area (Å²) in [6.07, 6.45) is 0. The molecule has 0 aliphatic rings. The van der Waals surface area contributed by atoms with Crippen molar-refractivity contribution >= 4 is 28.1 Å². The van der Waals surface area contributed by atoms with E-state index in [0.717, 1.165) is 16.5 Å². The number of ether oxygens (including phenoxy) is 1. The molecule has 0 aromatic heterocycles. The van der Waals surface area contributed by atoms with Crippen LogP contribution < -0.4 is 15.4 Å². The largest absolute Gasteiger partial charge is 0.433 e. The van der Waals surface area contributed by atoms with E-state index in [1.807, 2.05) is 42.5 Å². The Morgan fingerprint density at radius 2 is 1.60 bits per heavy atom. The first-order chi connectivity index (χ1) is 12.1. The van der Waals surface area contributed by atoms with E-state index in [2.05, 4.69) is 15.4 Å². The summed E-state index contributed by atoms with van der Waals surface area (Å²) in [7, 11) is 0. The van der Waals surface area contributed by atoms with Crippen molar-refractivity contribution in [3.63, 3.8) is 0 Å². The van der Waals surface area contributed by atoms with Crippen LogP contribution in [0.5, 0.6) is 5.75 Å². The first-order valence-electron chi connectivity index (χ1n) is 7.69. The summed E-state index contributed by atoms with van der Waals surface area (Å²) in [5.74, 6) is -0.436. The van der Waals surface area contributed by atoms with Crippen LogP contribution in [-0.2, 0) is 4.79 Å². The number of benzene rings is 3. The van der Waals surface area contributed by atoms with E-state index < -0.39 is 6.61 Å². The maximum absolute atomic E-state index is 12.4. The number of para-hydroxylation sites is 2. The fraction of sp³-hybridized carbons (Fsp3) is 0.105. The van der Waals surface area contributed by atoms with E-state index in [0.29, 0.717) is 0 Å². The molecule has 2 N–H and O–H groups in total. The summed E-state index contributed by atoms with van der Waals surface area (Å²) in [6.45, 7) is -2.95. The molecular weight excluding hydrogens is 326 g/mol. The van der Waals surface area contributed by atoms with Gasteiger partial charge >= 0.3 is 6.61 Å². The third-order valence-corrected chi connectivity index (χ3v) is 3.61. The van der Waals surface area contributed by atoms with Crippen LogP contribution in [-0.4, -0.2) is 19.1 Å². The second-order valence-corrected chi connectivity index (χ2v) is 5.30. The highest BCUT2D eigenvalue weighted by Crippen LogP contribution is 2.26. The summed E-state index contributed by atoms with van der Waals surface area (Å²) >= 11 is 0. The van der Waals surface area contributed by atoms with Crippen molar-refractivity contribution in [2.45, 2.75) is 6.61 Å². The Morgan fingerprint density at radius 1 is 0.920 bits per heavy atom. The second kappa shape index (κ2) is 7.61. The zero-order chi connectivity index (χ0) is 17.6. The lowest BCUT2D eigenvalue weighted by molar-refractivity contribution is -0.114. The summed E-state index contributed by atoms with van der Waals surface area (Å²) in [4.78, 5) is 12.1. The van der Waals surface area contributed by atoms with Gasteiger partial charge in [0.2, 0.25) is 5.91 Å². The van der Waals surface area contributed by atoms with Crippen molar-refractivity contribution in [2.75, 3.05) is 17.2 Å². The highest BCUT2D eigenvalue weighted by molar-refractivity contribution is 5.98. The van der Waals surface area contributed by atoms with Crippen LogP contribution in [0.25, 0.3) is 10.8 Å². The predicted molar refractivity (Wildman–Crippen MR) is 94.1 cm³/mol. The van der Waals surface area contributed by atoms with Gasteiger partial charge in [0, 0.05) is 11.1 Å². The molecule has 3 aromatic rings. The zero-order valence-electron chi connectivity index (χ0n) is 13.2. The van der Waals surface area contributed by atoms with Gasteiger partial charge in [0.05, 0.1) is 12.2 Å². The number of hydrogen-bond donors (Lipinski definition) is 2. The standard InChI is InChI=1S/C19H16F2N2O2/c20-19(21)25-17-11-4-3-9-16(17)23-18(24)12-22-15-10-5-7-13-6-1-2-8-14(13)15/h1-11,19,22H,12H2,(H,23,24). The molecule has 0 fully saturated rings. The number of hydrogen-bond acceptors (Lipinski definition) is 3. The minimum absolute atomic E-state index is 0.00296. The van der Waals surface area contributed by atoms with E-state index in [1.165, 1.54) is 12.1 Å². The minimum Gasteiger partial charge on any atom is -0.433 e. The van der Waals surface area contributed by atoms with Gasteiger partial charge in [-0.3, -0.25) is 4.79 Å². The summed E-state index contributed by atoms with van der Waals surface area (Å²) in [6, 6.07) is 19.6. The Labute approximate surface area is 143 Å². The molecule has 0 saturated heterocycles. The average Bonchev–Trinajstić information content (AvgIpc) is 2.61. The van der Waals surface area contributed by atoms with Gasteiger partial charge in [0.1, 0.15) is 5.75 Å². The number of rotatable bonds is 6. The van der Waals surface area contributed by atoms with Crippen LogP contribution in [0.1, 0.15) is 0 Å². The topological polar surface area (TPSA) is 50.4 Å². The van der Waals surface area contributed by atoms with Gasteiger partial charge in [-0.2, -0.15) is 8.78 Å². The third-order valence-electron chi connectivity index (χ3n) is 3.61. The molecule has 0 bridgehead atoms. The first kappa shape index (κ1) is 16.7. The third kappa shape index (κ3) is 4.23. The molecule has 0 saturated carbocycles. The predicted octanol–water partition coefficient (Wildman–Crippen LogP) is 4.49. The number of fused-ring (bicyclic) bond motifs is 1.